The molecule has 1 aromatic rings. The minimum atomic E-state index is -6.17. The van der Waals surface area contributed by atoms with Gasteiger partial charge in [-0.1, -0.05) is 0 Å². The lowest BCUT2D eigenvalue weighted by Gasteiger charge is -2.45. The quantitative estimate of drug-likeness (QED) is 0.0576. The number of hydrogen-bond donors (Lipinski definition) is 11. The summed E-state index contributed by atoms with van der Waals surface area (Å²) >= 11 is 2.81. The Morgan fingerprint density at radius 1 is 0.917 bits per heavy atom. The highest BCUT2D eigenvalue weighted by molar-refractivity contribution is 14.1. The highest BCUT2D eigenvalue weighted by atomic mass is 127. The molecule has 3 aliphatic rings. The summed E-state index contributed by atoms with van der Waals surface area (Å²) in [5.74, 6) is -1.14. The summed E-state index contributed by atoms with van der Waals surface area (Å²) in [6.07, 6.45) is -19.3. The lowest BCUT2D eigenvalue weighted by atomic mass is 10.0. The van der Waals surface area contributed by atoms with Crippen molar-refractivity contribution in [3.05, 3.63) is 40.4 Å². The molecule has 3 unspecified atom stereocenters. The summed E-state index contributed by atoms with van der Waals surface area (Å²) in [4.78, 5) is 99.6. The zero-order valence-corrected chi connectivity index (χ0v) is 30.0. The van der Waals surface area contributed by atoms with E-state index in [0.717, 1.165) is 6.20 Å². The molecule has 48 heavy (non-hydrogen) atoms. The van der Waals surface area contributed by atoms with Gasteiger partial charge in [0.25, 0.3) is 11.5 Å². The summed E-state index contributed by atoms with van der Waals surface area (Å²) in [6, 6.07) is -1.67. The molecule has 25 nitrogen and oxygen atoms in total. The fourth-order valence-electron chi connectivity index (χ4n) is 4.94. The number of rotatable bonds is 11. The Bertz CT molecular complexity index is 1760. The average molecular weight is 979 g/mol. The van der Waals surface area contributed by atoms with Crippen molar-refractivity contribution >= 4 is 80.6 Å². The van der Waals surface area contributed by atoms with Crippen molar-refractivity contribution in [2.24, 2.45) is 0 Å². The van der Waals surface area contributed by atoms with Crippen molar-refractivity contribution in [1.82, 2.24) is 14.9 Å². The number of imide groups is 1. The molecule has 4 heterocycles. The van der Waals surface area contributed by atoms with Gasteiger partial charge in [-0.25, -0.2) is 33.1 Å². The number of amides is 3. The fraction of sp³-hybridized carbons (Fsp3) is 0.556. The number of nitrogens with one attached hydrogen (secondary N) is 2. The number of nitrogens with zero attached hydrogens (tertiary/aromatic N) is 2. The fourth-order valence-corrected chi connectivity index (χ4v) is 8.09. The third-order valence-corrected chi connectivity index (χ3v) is 11.1. The van der Waals surface area contributed by atoms with Crippen molar-refractivity contribution in [1.29, 1.82) is 0 Å². The number of carbonyl (C=O) groups excluding carboxylic acids is 2. The number of ether oxygens (including phenoxy) is 2. The summed E-state index contributed by atoms with van der Waals surface area (Å²) in [5, 5.41) is 45.6. The average Bonchev–Trinajstić information content (AvgIpc) is 3.39. The Morgan fingerprint density at radius 3 is 2.12 bits per heavy atom. The molecule has 2 saturated heterocycles. The van der Waals surface area contributed by atoms with Gasteiger partial charge in [-0.15, -0.1) is 0 Å². The molecule has 0 radical (unpaired) electrons. The van der Waals surface area contributed by atoms with Crippen molar-refractivity contribution in [2.45, 2.75) is 55.3 Å². The standard InChI is InChI=1S/C18H23I2N4O21P3/c19-4-1-23(17(31)21-12(4)29)14-9(27)8(26)11(43-14)16(44-48(39,40)45-47(36,37)38)24(2-5(20)13(30)22-18(24)32)15-10(28)7(25)6(42-15)3-41-46(33,34)35/h1-2,6-11,14-16,25-28H,3H2,(H6-,21,22,29,30,31,32,33,34,35,36,37,38,39,40)/p+1/t6-,7-,8+,9-,10-,11+,14-,15-,16?,24?/m1/s1. The zero-order valence-electron chi connectivity index (χ0n) is 23.0. The van der Waals surface area contributed by atoms with Crippen LogP contribution < -0.4 is 16.6 Å². The van der Waals surface area contributed by atoms with E-state index in [1.165, 1.54) is 45.2 Å². The Morgan fingerprint density at radius 2 is 1.54 bits per heavy atom. The molecule has 1 aromatic heterocycles. The maximum absolute atomic E-state index is 13.8. The van der Waals surface area contributed by atoms with Crippen molar-refractivity contribution in [2.75, 3.05) is 6.61 Å². The summed E-state index contributed by atoms with van der Waals surface area (Å²) in [5.41, 5.74) is -2.10. The second kappa shape index (κ2) is 14.3. The number of urea groups is 1. The molecule has 11 atom stereocenters. The number of halogens is 2. The topological polar surface area (TPSA) is 380 Å². The minimum Gasteiger partial charge on any atom is -0.387 e. The molecule has 2 fully saturated rings. The van der Waals surface area contributed by atoms with E-state index >= 15 is 0 Å². The molecule has 30 heteroatoms. The van der Waals surface area contributed by atoms with Crippen LogP contribution in [0.2, 0.25) is 0 Å². The van der Waals surface area contributed by atoms with Gasteiger partial charge < -0.3 is 54.4 Å². The highest BCUT2D eigenvalue weighted by Gasteiger charge is 2.68. The van der Waals surface area contributed by atoms with Crippen LogP contribution in [0.5, 0.6) is 0 Å². The second-order valence-electron chi connectivity index (χ2n) is 10.1. The molecule has 0 saturated carbocycles. The number of quaternary nitrogens is 1. The van der Waals surface area contributed by atoms with Gasteiger partial charge in [0.05, 0.1) is 10.2 Å². The van der Waals surface area contributed by atoms with Crippen molar-refractivity contribution in [3.63, 3.8) is 0 Å². The normalized spacial score (nSPS) is 34.9. The van der Waals surface area contributed by atoms with Gasteiger partial charge in [0, 0.05) is 6.20 Å². The van der Waals surface area contributed by atoms with Crippen LogP contribution in [-0.2, 0) is 41.3 Å². The highest BCUT2D eigenvalue weighted by Crippen LogP contribution is 2.60. The smallest absolute Gasteiger partial charge is 0.387 e. The molecule has 0 aliphatic carbocycles. The number of phosphoric ester groups is 2. The third-order valence-electron chi connectivity index (χ3n) is 6.91. The van der Waals surface area contributed by atoms with E-state index in [2.05, 4.69) is 8.83 Å². The van der Waals surface area contributed by atoms with Crippen LogP contribution in [0, 0.1) is 3.57 Å². The first-order valence-electron chi connectivity index (χ1n) is 12.5. The number of carbonyl (C=O) groups is 2. The van der Waals surface area contributed by atoms with E-state index < -0.39 is 117 Å². The van der Waals surface area contributed by atoms with E-state index in [1.54, 1.807) is 5.32 Å². The van der Waals surface area contributed by atoms with E-state index in [4.69, 9.17) is 23.8 Å². The van der Waals surface area contributed by atoms with Crippen LogP contribution in [-0.4, -0.2) is 127 Å². The summed E-state index contributed by atoms with van der Waals surface area (Å²) in [7, 11) is -17.3. The number of hydrogen-bond acceptors (Lipinski definition) is 16. The largest absolute Gasteiger partial charge is 0.485 e. The van der Waals surface area contributed by atoms with Gasteiger partial charge >= 0.3 is 35.2 Å². The first-order valence-corrected chi connectivity index (χ1v) is 19.2. The Labute approximate surface area is 292 Å². The molecule has 11 N–H and O–H groups in total. The Hall–Kier alpha value is -0.890. The molecule has 3 amide bonds. The first-order chi connectivity index (χ1) is 21.9. The lowest BCUT2D eigenvalue weighted by molar-refractivity contribution is -0.903. The van der Waals surface area contributed by atoms with Crippen LogP contribution in [0.4, 0.5) is 4.79 Å². The van der Waals surface area contributed by atoms with Crippen molar-refractivity contribution < 1.29 is 95.5 Å². The number of aromatic nitrogens is 2. The van der Waals surface area contributed by atoms with E-state index in [1.807, 2.05) is 4.98 Å². The van der Waals surface area contributed by atoms with Crippen LogP contribution >= 0.6 is 68.6 Å². The van der Waals surface area contributed by atoms with Gasteiger partial charge in [0.15, 0.2) is 18.4 Å². The molecule has 270 valence electrons. The molecular formula is C18H24I2N4O21P3+. The van der Waals surface area contributed by atoms with Crippen molar-refractivity contribution in [3.8, 4) is 0 Å². The number of aromatic amines is 1. The maximum atomic E-state index is 13.8. The minimum absolute atomic E-state index is 0.154. The number of aliphatic hydroxyl groups excluding tert-OH is 4. The predicted molar refractivity (Wildman–Crippen MR) is 162 cm³/mol. The second-order valence-corrected chi connectivity index (χ2v) is 16.4. The van der Waals surface area contributed by atoms with Crippen LogP contribution in [0.3, 0.4) is 0 Å². The number of H-pyrrole nitrogens is 1. The predicted octanol–water partition coefficient (Wildman–Crippen LogP) is -3.79. The number of aliphatic hydroxyl groups is 4. The van der Waals surface area contributed by atoms with Gasteiger partial charge in [-0.05, 0) is 45.2 Å². The Kier molecular flexibility index (Phi) is 11.9. The molecule has 0 bridgehead atoms. The van der Waals surface area contributed by atoms with E-state index in [-0.39, 0.29) is 3.57 Å². The van der Waals surface area contributed by atoms with Gasteiger partial charge in [-0.2, -0.15) is 8.79 Å². The summed E-state index contributed by atoms with van der Waals surface area (Å²) < 4.78 is 57.9. The molecule has 4 rings (SSSR count). The molecule has 3 aliphatic heterocycles. The zero-order chi connectivity index (χ0) is 36.3. The molecular weight excluding hydrogens is 955 g/mol. The summed E-state index contributed by atoms with van der Waals surface area (Å²) in [6.45, 7) is -1.16. The molecule has 0 spiro atoms. The monoisotopic (exact) mass is 979 g/mol. The van der Waals surface area contributed by atoms with E-state index in [0.29, 0.717) is 10.8 Å². The Balaban J connectivity index is 1.93. The van der Waals surface area contributed by atoms with Crippen LogP contribution in [0.15, 0.2) is 25.6 Å². The van der Waals surface area contributed by atoms with Crippen LogP contribution in [0.1, 0.15) is 6.23 Å². The van der Waals surface area contributed by atoms with E-state index in [9.17, 15) is 68.0 Å². The van der Waals surface area contributed by atoms with Gasteiger partial charge in [-0.3, -0.25) is 23.7 Å². The first kappa shape index (κ1) is 39.9. The van der Waals surface area contributed by atoms with Crippen LogP contribution in [0.25, 0.3) is 0 Å². The van der Waals surface area contributed by atoms with Gasteiger partial charge in [0.2, 0.25) is 12.5 Å². The maximum Gasteiger partial charge on any atom is 0.485 e. The SMILES string of the molecule is O=C1NC(=O)[N+](C(OP(=O)(O)OP(=O)(O)O)[C@H]2O[C@@H](n3cc(I)c(=O)[nH]c3=O)[C@H](O)[C@@H]2O)([C@@H]2O[C@H](COP(=O)(O)O)[C@@H](O)[C@H]2O)C=C1I. The molecule has 0 aromatic carbocycles. The van der Waals surface area contributed by atoms with Gasteiger partial charge in [0.1, 0.15) is 34.2 Å². The lowest BCUT2D eigenvalue weighted by Crippen LogP contribution is -2.73. The number of phosphoric acid groups is 3. The third kappa shape index (κ3) is 8.26.